The molecular formula is C16H14ClNO3. The molecule has 0 saturated heterocycles. The topological polar surface area (TPSA) is 47.6 Å². The first kappa shape index (κ1) is 13.8. The van der Waals surface area contributed by atoms with Crippen molar-refractivity contribution in [2.45, 2.75) is 6.61 Å². The fourth-order valence-corrected chi connectivity index (χ4v) is 2.40. The van der Waals surface area contributed by atoms with Crippen molar-refractivity contribution in [1.29, 1.82) is 0 Å². The van der Waals surface area contributed by atoms with Crippen molar-refractivity contribution in [3.05, 3.63) is 58.6 Å². The fourth-order valence-electron chi connectivity index (χ4n) is 2.18. The Hall–Kier alpha value is -2.20. The van der Waals surface area contributed by atoms with Crippen molar-refractivity contribution in [3.8, 4) is 5.75 Å². The summed E-state index contributed by atoms with van der Waals surface area (Å²) in [6.07, 6.45) is 0. The van der Waals surface area contributed by atoms with Crippen LogP contribution in [0.4, 0.5) is 5.69 Å². The van der Waals surface area contributed by atoms with Crippen molar-refractivity contribution in [3.63, 3.8) is 0 Å². The molecule has 0 bridgehead atoms. The lowest BCUT2D eigenvalue weighted by Gasteiger charge is -2.21. The molecule has 108 valence electrons. The van der Waals surface area contributed by atoms with Gasteiger partial charge in [-0.25, -0.2) is 4.79 Å². The predicted octanol–water partition coefficient (Wildman–Crippen LogP) is 3.50. The molecule has 5 heteroatoms. The van der Waals surface area contributed by atoms with Crippen LogP contribution in [0.2, 0.25) is 5.02 Å². The summed E-state index contributed by atoms with van der Waals surface area (Å²) in [5, 5.41) is 3.81. The van der Waals surface area contributed by atoms with Gasteiger partial charge in [-0.05, 0) is 29.8 Å². The Morgan fingerprint density at radius 2 is 2.14 bits per heavy atom. The van der Waals surface area contributed by atoms with Gasteiger partial charge >= 0.3 is 5.97 Å². The van der Waals surface area contributed by atoms with Crippen molar-refractivity contribution in [1.82, 2.24) is 0 Å². The quantitative estimate of drug-likeness (QED) is 0.882. The maximum atomic E-state index is 12.2. The summed E-state index contributed by atoms with van der Waals surface area (Å²) in [4.78, 5) is 12.2. The summed E-state index contributed by atoms with van der Waals surface area (Å²) in [6.45, 7) is 1.44. The minimum Gasteiger partial charge on any atom is -0.489 e. The molecule has 1 N–H and O–H groups in total. The highest BCUT2D eigenvalue weighted by Crippen LogP contribution is 2.31. The number of fused-ring (bicyclic) bond motifs is 1. The van der Waals surface area contributed by atoms with Gasteiger partial charge in [0.05, 0.1) is 5.69 Å². The average Bonchev–Trinajstić information content (AvgIpc) is 2.52. The zero-order chi connectivity index (χ0) is 14.7. The number of para-hydroxylation sites is 1. The third-order valence-corrected chi connectivity index (χ3v) is 3.39. The maximum Gasteiger partial charge on any atom is 0.342 e. The predicted molar refractivity (Wildman–Crippen MR) is 81.0 cm³/mol. The molecule has 0 amide bonds. The monoisotopic (exact) mass is 303 g/mol. The molecule has 0 aromatic heterocycles. The van der Waals surface area contributed by atoms with Crippen LogP contribution in [0.3, 0.4) is 0 Å². The number of esters is 1. The average molecular weight is 304 g/mol. The van der Waals surface area contributed by atoms with E-state index in [0.717, 1.165) is 17.8 Å². The number of rotatable bonds is 3. The number of hydrogen-bond donors (Lipinski definition) is 1. The van der Waals surface area contributed by atoms with E-state index in [-0.39, 0.29) is 6.61 Å². The molecule has 0 radical (unpaired) electrons. The molecule has 0 saturated carbocycles. The SMILES string of the molecule is O=C(OCc1cccc(Cl)c1)c1cccc2c1OCCN2. The Bertz CT molecular complexity index is 672. The first-order valence-corrected chi connectivity index (χ1v) is 7.03. The molecule has 0 aliphatic carbocycles. The van der Waals surface area contributed by atoms with Crippen molar-refractivity contribution < 1.29 is 14.3 Å². The van der Waals surface area contributed by atoms with Gasteiger partial charge in [-0.1, -0.05) is 29.8 Å². The Labute approximate surface area is 127 Å². The summed E-state index contributed by atoms with van der Waals surface area (Å²) in [5.74, 6) is 0.148. The molecule has 2 aromatic carbocycles. The fraction of sp³-hybridized carbons (Fsp3) is 0.188. The summed E-state index contributed by atoms with van der Waals surface area (Å²) >= 11 is 5.90. The van der Waals surface area contributed by atoms with Gasteiger partial charge in [0.2, 0.25) is 0 Å². The summed E-state index contributed by atoms with van der Waals surface area (Å²) < 4.78 is 10.9. The number of halogens is 1. The normalized spacial score (nSPS) is 12.8. The van der Waals surface area contributed by atoms with Crippen LogP contribution in [0.25, 0.3) is 0 Å². The molecule has 0 atom stereocenters. The molecule has 0 fully saturated rings. The van der Waals surface area contributed by atoms with Crippen LogP contribution in [-0.4, -0.2) is 19.1 Å². The van der Waals surface area contributed by atoms with Gasteiger partial charge in [0.25, 0.3) is 0 Å². The number of carbonyl (C=O) groups excluding carboxylic acids is 1. The molecule has 1 aliphatic rings. The third kappa shape index (κ3) is 3.11. The molecule has 1 aliphatic heterocycles. The van der Waals surface area contributed by atoms with E-state index in [0.29, 0.717) is 22.9 Å². The lowest BCUT2D eigenvalue weighted by Crippen LogP contribution is -2.20. The van der Waals surface area contributed by atoms with Crippen LogP contribution in [0, 0.1) is 0 Å². The second-order valence-corrected chi connectivity index (χ2v) is 5.10. The Morgan fingerprint density at radius 1 is 1.29 bits per heavy atom. The van der Waals surface area contributed by atoms with Crippen molar-refractivity contribution in [2.75, 3.05) is 18.5 Å². The van der Waals surface area contributed by atoms with Gasteiger partial charge in [-0.2, -0.15) is 0 Å². The Kier molecular flexibility index (Phi) is 3.97. The Morgan fingerprint density at radius 3 is 3.00 bits per heavy atom. The number of ether oxygens (including phenoxy) is 2. The lowest BCUT2D eigenvalue weighted by atomic mass is 10.1. The van der Waals surface area contributed by atoms with E-state index in [9.17, 15) is 4.79 Å². The molecule has 2 aromatic rings. The molecule has 0 spiro atoms. The minimum atomic E-state index is -0.407. The molecule has 21 heavy (non-hydrogen) atoms. The smallest absolute Gasteiger partial charge is 0.342 e. The molecule has 4 nitrogen and oxygen atoms in total. The van der Waals surface area contributed by atoms with E-state index >= 15 is 0 Å². The number of nitrogens with one attached hydrogen (secondary N) is 1. The van der Waals surface area contributed by atoms with Gasteiger partial charge in [-0.3, -0.25) is 0 Å². The van der Waals surface area contributed by atoms with Gasteiger partial charge in [0, 0.05) is 11.6 Å². The highest BCUT2D eigenvalue weighted by atomic mass is 35.5. The van der Waals surface area contributed by atoms with Crippen LogP contribution in [0.15, 0.2) is 42.5 Å². The van der Waals surface area contributed by atoms with Gasteiger partial charge in [-0.15, -0.1) is 0 Å². The largest absolute Gasteiger partial charge is 0.489 e. The second-order valence-electron chi connectivity index (χ2n) is 4.66. The zero-order valence-corrected chi connectivity index (χ0v) is 12.0. The number of anilines is 1. The lowest BCUT2D eigenvalue weighted by molar-refractivity contribution is 0.0468. The number of benzene rings is 2. The number of carbonyl (C=O) groups is 1. The first-order valence-electron chi connectivity index (χ1n) is 6.65. The van der Waals surface area contributed by atoms with E-state index in [4.69, 9.17) is 21.1 Å². The standard InChI is InChI=1S/C16H14ClNO3/c17-12-4-1-3-11(9-12)10-21-16(19)13-5-2-6-14-15(13)20-8-7-18-14/h1-6,9,18H,7-8,10H2. The van der Waals surface area contributed by atoms with E-state index in [1.165, 1.54) is 0 Å². The van der Waals surface area contributed by atoms with E-state index in [1.54, 1.807) is 24.3 Å². The van der Waals surface area contributed by atoms with Crippen molar-refractivity contribution >= 4 is 23.3 Å². The van der Waals surface area contributed by atoms with Crippen molar-refractivity contribution in [2.24, 2.45) is 0 Å². The zero-order valence-electron chi connectivity index (χ0n) is 11.3. The highest BCUT2D eigenvalue weighted by molar-refractivity contribution is 6.30. The Balaban J connectivity index is 1.74. The maximum absolute atomic E-state index is 12.2. The molecule has 0 unspecified atom stereocenters. The van der Waals surface area contributed by atoms with E-state index in [2.05, 4.69) is 5.32 Å². The van der Waals surface area contributed by atoms with Crippen LogP contribution in [0.5, 0.6) is 5.75 Å². The van der Waals surface area contributed by atoms with Crippen LogP contribution < -0.4 is 10.1 Å². The summed E-state index contributed by atoms with van der Waals surface area (Å²) in [6, 6.07) is 12.6. The van der Waals surface area contributed by atoms with Crippen LogP contribution >= 0.6 is 11.6 Å². The highest BCUT2D eigenvalue weighted by Gasteiger charge is 2.20. The van der Waals surface area contributed by atoms with Gasteiger partial charge < -0.3 is 14.8 Å². The summed E-state index contributed by atoms with van der Waals surface area (Å²) in [7, 11) is 0. The summed E-state index contributed by atoms with van der Waals surface area (Å²) in [5.41, 5.74) is 2.10. The molecular weight excluding hydrogens is 290 g/mol. The molecule has 1 heterocycles. The second kappa shape index (κ2) is 6.06. The van der Waals surface area contributed by atoms with Crippen LogP contribution in [-0.2, 0) is 11.3 Å². The van der Waals surface area contributed by atoms with E-state index < -0.39 is 5.97 Å². The third-order valence-electron chi connectivity index (χ3n) is 3.16. The van der Waals surface area contributed by atoms with E-state index in [1.807, 2.05) is 18.2 Å². The van der Waals surface area contributed by atoms with Crippen LogP contribution in [0.1, 0.15) is 15.9 Å². The van der Waals surface area contributed by atoms with Gasteiger partial charge in [0.1, 0.15) is 18.8 Å². The number of hydrogen-bond acceptors (Lipinski definition) is 4. The molecule has 3 rings (SSSR count). The first-order chi connectivity index (χ1) is 10.2. The minimum absolute atomic E-state index is 0.177. The van der Waals surface area contributed by atoms with Gasteiger partial charge in [0.15, 0.2) is 5.75 Å².